The van der Waals surface area contributed by atoms with E-state index >= 15 is 0 Å². The van der Waals surface area contributed by atoms with Crippen molar-refractivity contribution in [3.63, 3.8) is 0 Å². The van der Waals surface area contributed by atoms with Gasteiger partial charge in [-0.25, -0.2) is 8.42 Å². The van der Waals surface area contributed by atoms with Crippen molar-refractivity contribution in [2.75, 3.05) is 31.1 Å². The number of piperazine rings is 1. The zero-order valence-corrected chi connectivity index (χ0v) is 15.5. The standard InChI is InChI=1S/C18H24N4O2S/c1-3-4-16-6-8-17(9-7-16)25(23,24)22-13-11-21(12-14-22)18-10-5-15(2)19-20-18/h5-10H,3-4,11-14H2,1-2H3. The maximum atomic E-state index is 12.8. The van der Waals surface area contributed by atoms with Gasteiger partial charge in [0.25, 0.3) is 0 Å². The van der Waals surface area contributed by atoms with Crippen LogP contribution in [0.2, 0.25) is 0 Å². The molecule has 2 aromatic rings. The lowest BCUT2D eigenvalue weighted by molar-refractivity contribution is 0.383. The zero-order chi connectivity index (χ0) is 17.9. The summed E-state index contributed by atoms with van der Waals surface area (Å²) in [6.45, 7) is 6.15. The van der Waals surface area contributed by atoms with Crippen LogP contribution in [0, 0.1) is 6.92 Å². The van der Waals surface area contributed by atoms with Crippen molar-refractivity contribution in [1.82, 2.24) is 14.5 Å². The first-order valence-corrected chi connectivity index (χ1v) is 10.1. The summed E-state index contributed by atoms with van der Waals surface area (Å²) in [6.07, 6.45) is 2.02. The van der Waals surface area contributed by atoms with Gasteiger partial charge < -0.3 is 4.90 Å². The van der Waals surface area contributed by atoms with Crippen LogP contribution in [0.4, 0.5) is 5.82 Å². The summed E-state index contributed by atoms with van der Waals surface area (Å²) in [6, 6.07) is 11.1. The van der Waals surface area contributed by atoms with E-state index in [4.69, 9.17) is 0 Å². The van der Waals surface area contributed by atoms with Gasteiger partial charge in [0.2, 0.25) is 10.0 Å². The molecule has 1 aliphatic rings. The minimum Gasteiger partial charge on any atom is -0.352 e. The van der Waals surface area contributed by atoms with Crippen LogP contribution >= 0.6 is 0 Å². The summed E-state index contributed by atoms with van der Waals surface area (Å²) in [5.74, 6) is 0.798. The predicted octanol–water partition coefficient (Wildman–Crippen LogP) is 2.25. The molecular weight excluding hydrogens is 336 g/mol. The van der Waals surface area contributed by atoms with Gasteiger partial charge in [-0.2, -0.15) is 9.40 Å². The second-order valence-corrected chi connectivity index (χ2v) is 8.26. The van der Waals surface area contributed by atoms with Crippen molar-refractivity contribution in [3.05, 3.63) is 47.7 Å². The summed E-state index contributed by atoms with van der Waals surface area (Å²) < 4.78 is 27.2. The van der Waals surface area contributed by atoms with E-state index in [0.29, 0.717) is 31.1 Å². The average molecular weight is 360 g/mol. The maximum absolute atomic E-state index is 12.8. The van der Waals surface area contributed by atoms with E-state index in [2.05, 4.69) is 22.0 Å². The van der Waals surface area contributed by atoms with Gasteiger partial charge in [0.05, 0.1) is 10.6 Å². The Bertz CT molecular complexity index is 796. The van der Waals surface area contributed by atoms with Crippen LogP contribution in [-0.4, -0.2) is 49.1 Å². The first-order chi connectivity index (χ1) is 12.0. The predicted molar refractivity (Wildman–Crippen MR) is 98.2 cm³/mol. The second-order valence-electron chi connectivity index (χ2n) is 6.32. The molecular formula is C18H24N4O2S. The largest absolute Gasteiger partial charge is 0.352 e. The molecule has 0 amide bonds. The van der Waals surface area contributed by atoms with Crippen molar-refractivity contribution in [1.29, 1.82) is 0 Å². The van der Waals surface area contributed by atoms with Gasteiger partial charge in [0, 0.05) is 26.2 Å². The Hall–Kier alpha value is -1.99. The molecule has 0 saturated carbocycles. The van der Waals surface area contributed by atoms with Gasteiger partial charge in [0.15, 0.2) is 5.82 Å². The summed E-state index contributed by atoms with van der Waals surface area (Å²) >= 11 is 0. The van der Waals surface area contributed by atoms with Crippen molar-refractivity contribution in [2.45, 2.75) is 31.6 Å². The molecule has 1 aromatic carbocycles. The highest BCUT2D eigenvalue weighted by atomic mass is 32.2. The molecule has 3 rings (SSSR count). The smallest absolute Gasteiger partial charge is 0.243 e. The van der Waals surface area contributed by atoms with Crippen LogP contribution in [0.25, 0.3) is 0 Å². The molecule has 2 heterocycles. The van der Waals surface area contributed by atoms with E-state index in [1.165, 1.54) is 5.56 Å². The second kappa shape index (κ2) is 7.49. The molecule has 0 spiro atoms. The van der Waals surface area contributed by atoms with E-state index in [1.807, 2.05) is 31.2 Å². The summed E-state index contributed by atoms with van der Waals surface area (Å²) in [5.41, 5.74) is 2.04. The van der Waals surface area contributed by atoms with Gasteiger partial charge in [0.1, 0.15) is 0 Å². The highest BCUT2D eigenvalue weighted by Gasteiger charge is 2.28. The SMILES string of the molecule is CCCc1ccc(S(=O)(=O)N2CCN(c3ccc(C)nn3)CC2)cc1. The average Bonchev–Trinajstić information content (AvgIpc) is 2.63. The lowest BCUT2D eigenvalue weighted by Crippen LogP contribution is -2.49. The van der Waals surface area contributed by atoms with E-state index in [1.54, 1.807) is 16.4 Å². The molecule has 1 fully saturated rings. The molecule has 134 valence electrons. The first-order valence-electron chi connectivity index (χ1n) is 8.65. The van der Waals surface area contributed by atoms with Crippen LogP contribution in [0.1, 0.15) is 24.6 Å². The van der Waals surface area contributed by atoms with Crippen molar-refractivity contribution >= 4 is 15.8 Å². The van der Waals surface area contributed by atoms with Gasteiger partial charge in [-0.05, 0) is 43.2 Å². The van der Waals surface area contributed by atoms with E-state index < -0.39 is 10.0 Å². The fraction of sp³-hybridized carbons (Fsp3) is 0.444. The lowest BCUT2D eigenvalue weighted by atomic mass is 10.1. The van der Waals surface area contributed by atoms with Crippen LogP contribution < -0.4 is 4.90 Å². The number of benzene rings is 1. The molecule has 25 heavy (non-hydrogen) atoms. The normalized spacial score (nSPS) is 16.2. The first kappa shape index (κ1) is 17.8. The third kappa shape index (κ3) is 3.99. The number of aryl methyl sites for hydroxylation is 2. The van der Waals surface area contributed by atoms with Crippen molar-refractivity contribution < 1.29 is 8.42 Å². The molecule has 1 saturated heterocycles. The monoisotopic (exact) mass is 360 g/mol. The molecule has 0 bridgehead atoms. The molecule has 7 heteroatoms. The van der Waals surface area contributed by atoms with E-state index in [9.17, 15) is 8.42 Å². The minimum absolute atomic E-state index is 0.371. The fourth-order valence-electron chi connectivity index (χ4n) is 2.98. The molecule has 0 aliphatic carbocycles. The molecule has 6 nitrogen and oxygen atoms in total. The Kier molecular flexibility index (Phi) is 5.34. The van der Waals surface area contributed by atoms with Gasteiger partial charge in [-0.15, -0.1) is 5.10 Å². The number of aromatic nitrogens is 2. The lowest BCUT2D eigenvalue weighted by Gasteiger charge is -2.34. The summed E-state index contributed by atoms with van der Waals surface area (Å²) in [7, 11) is -3.44. The number of rotatable bonds is 5. The van der Waals surface area contributed by atoms with Crippen LogP contribution in [0.15, 0.2) is 41.3 Å². The highest BCUT2D eigenvalue weighted by Crippen LogP contribution is 2.20. The zero-order valence-electron chi connectivity index (χ0n) is 14.7. The molecule has 1 aliphatic heterocycles. The molecule has 1 aromatic heterocycles. The Labute approximate surface area is 149 Å². The highest BCUT2D eigenvalue weighted by molar-refractivity contribution is 7.89. The number of hydrogen-bond acceptors (Lipinski definition) is 5. The van der Waals surface area contributed by atoms with Gasteiger partial charge in [-0.1, -0.05) is 25.5 Å². The van der Waals surface area contributed by atoms with Crippen molar-refractivity contribution in [3.8, 4) is 0 Å². The minimum atomic E-state index is -3.44. The van der Waals surface area contributed by atoms with Crippen LogP contribution in [-0.2, 0) is 16.4 Å². The number of anilines is 1. The Balaban J connectivity index is 1.67. The fourth-order valence-corrected chi connectivity index (χ4v) is 4.41. The Morgan fingerprint density at radius 2 is 1.64 bits per heavy atom. The molecule has 0 N–H and O–H groups in total. The molecule has 0 atom stereocenters. The number of hydrogen-bond donors (Lipinski definition) is 0. The number of sulfonamides is 1. The number of nitrogens with zero attached hydrogens (tertiary/aromatic N) is 4. The van der Waals surface area contributed by atoms with Gasteiger partial charge in [-0.3, -0.25) is 0 Å². The van der Waals surface area contributed by atoms with Crippen LogP contribution in [0.5, 0.6) is 0 Å². The third-order valence-corrected chi connectivity index (χ3v) is 6.36. The maximum Gasteiger partial charge on any atom is 0.243 e. The Morgan fingerprint density at radius 1 is 0.960 bits per heavy atom. The van der Waals surface area contributed by atoms with E-state index in [0.717, 1.165) is 24.4 Å². The molecule has 0 unspecified atom stereocenters. The third-order valence-electron chi connectivity index (χ3n) is 4.45. The van der Waals surface area contributed by atoms with Gasteiger partial charge >= 0.3 is 0 Å². The Morgan fingerprint density at radius 3 is 2.20 bits per heavy atom. The molecule has 0 radical (unpaired) electrons. The topological polar surface area (TPSA) is 66.4 Å². The van der Waals surface area contributed by atoms with Crippen molar-refractivity contribution in [2.24, 2.45) is 0 Å². The summed E-state index contributed by atoms with van der Waals surface area (Å²) in [4.78, 5) is 2.44. The van der Waals surface area contributed by atoms with Crippen LogP contribution in [0.3, 0.4) is 0 Å². The summed E-state index contributed by atoms with van der Waals surface area (Å²) in [5, 5.41) is 8.25. The van der Waals surface area contributed by atoms with E-state index in [-0.39, 0.29) is 0 Å². The quantitative estimate of drug-likeness (QED) is 0.818.